The van der Waals surface area contributed by atoms with Crippen molar-refractivity contribution in [3.63, 3.8) is 0 Å². The smallest absolute Gasteiger partial charge is 0.0434 e. The number of hydrogen-bond acceptors (Lipinski definition) is 1. The van der Waals surface area contributed by atoms with Gasteiger partial charge in [0.1, 0.15) is 0 Å². The normalized spacial score (nSPS) is 13.9. The van der Waals surface area contributed by atoms with Crippen molar-refractivity contribution in [1.29, 1.82) is 0 Å². The predicted molar refractivity (Wildman–Crippen MR) is 64.9 cm³/mol. The number of aliphatic hydroxyl groups excluding tert-OH is 1. The highest BCUT2D eigenvalue weighted by molar-refractivity contribution is 5.24. The summed E-state index contributed by atoms with van der Waals surface area (Å²) in [6.07, 6.45) is 4.14. The molecule has 82 valence electrons. The van der Waals surface area contributed by atoms with Gasteiger partial charge in [-0.2, -0.15) is 0 Å². The van der Waals surface area contributed by atoms with Gasteiger partial charge in [0.05, 0.1) is 0 Å². The van der Waals surface area contributed by atoms with E-state index in [1.807, 2.05) is 6.07 Å². The molecule has 0 amide bonds. The Balaban J connectivity index is 2.58. The van der Waals surface area contributed by atoms with Crippen LogP contribution in [0.15, 0.2) is 42.0 Å². The highest BCUT2D eigenvalue weighted by atomic mass is 16.2. The molecule has 1 nitrogen and oxygen atoms in total. The second-order valence-corrected chi connectivity index (χ2v) is 4.04. The van der Waals surface area contributed by atoms with Crippen molar-refractivity contribution in [2.75, 3.05) is 6.61 Å². The topological polar surface area (TPSA) is 20.2 Å². The van der Waals surface area contributed by atoms with Crippen molar-refractivity contribution in [1.82, 2.24) is 0 Å². The average molecular weight is 204 g/mol. The third-order valence-corrected chi connectivity index (χ3v) is 2.59. The third-order valence-electron chi connectivity index (χ3n) is 2.59. The second kappa shape index (κ2) is 6.41. The highest BCUT2D eigenvalue weighted by Crippen LogP contribution is 2.19. The van der Waals surface area contributed by atoms with E-state index in [-0.39, 0.29) is 6.61 Å². The minimum absolute atomic E-state index is 0.283. The van der Waals surface area contributed by atoms with Gasteiger partial charge in [0.25, 0.3) is 0 Å². The fourth-order valence-electron chi connectivity index (χ4n) is 1.72. The summed E-state index contributed by atoms with van der Waals surface area (Å²) in [7, 11) is 0. The number of aliphatic hydroxyl groups is 1. The number of benzene rings is 1. The average Bonchev–Trinajstić information content (AvgIpc) is 2.27. The molecule has 1 N–H and O–H groups in total. The lowest BCUT2D eigenvalue weighted by molar-refractivity contribution is 0.288. The fraction of sp³-hybridized carbons (Fsp3) is 0.429. The maximum atomic E-state index is 8.74. The summed E-state index contributed by atoms with van der Waals surface area (Å²) in [6.45, 7) is 4.62. The molecular formula is C14H20O. The van der Waals surface area contributed by atoms with Gasteiger partial charge in [-0.25, -0.2) is 0 Å². The molecule has 1 unspecified atom stereocenters. The predicted octanol–water partition coefficient (Wildman–Crippen LogP) is 3.51. The molecule has 1 aromatic rings. The molecule has 0 aliphatic rings. The van der Waals surface area contributed by atoms with Crippen LogP contribution in [0.3, 0.4) is 0 Å². The molecule has 0 aliphatic heterocycles. The van der Waals surface area contributed by atoms with Gasteiger partial charge in [0.2, 0.25) is 0 Å². The monoisotopic (exact) mass is 204 g/mol. The van der Waals surface area contributed by atoms with Crippen LogP contribution in [0.5, 0.6) is 0 Å². The third kappa shape index (κ3) is 4.30. The highest BCUT2D eigenvalue weighted by Gasteiger charge is 2.01. The Kier molecular flexibility index (Phi) is 5.13. The van der Waals surface area contributed by atoms with Crippen LogP contribution in [0.4, 0.5) is 0 Å². The fourth-order valence-corrected chi connectivity index (χ4v) is 1.72. The van der Waals surface area contributed by atoms with Crippen molar-refractivity contribution in [3.8, 4) is 0 Å². The van der Waals surface area contributed by atoms with E-state index in [0.29, 0.717) is 5.92 Å². The molecule has 0 spiro atoms. The van der Waals surface area contributed by atoms with Crippen molar-refractivity contribution < 1.29 is 5.11 Å². The molecule has 15 heavy (non-hydrogen) atoms. The van der Waals surface area contributed by atoms with Gasteiger partial charge in [-0.1, -0.05) is 48.9 Å². The summed E-state index contributed by atoms with van der Waals surface area (Å²) >= 11 is 0. The van der Waals surface area contributed by atoms with E-state index in [1.165, 1.54) is 11.1 Å². The van der Waals surface area contributed by atoms with Crippen LogP contribution >= 0.6 is 0 Å². The van der Waals surface area contributed by atoms with Crippen LogP contribution in [0, 0.1) is 0 Å². The Morgan fingerprint density at radius 3 is 2.60 bits per heavy atom. The standard InChI is InChI=1S/C14H20O/c1-12(7-6-10-15)11-13(2)14-8-4-3-5-9-14/h3-5,8-9,11,13,15H,6-7,10H2,1-2H3/b12-11-. The maximum absolute atomic E-state index is 8.74. The van der Waals surface area contributed by atoms with Gasteiger partial charge in [0.15, 0.2) is 0 Å². The van der Waals surface area contributed by atoms with E-state index >= 15 is 0 Å². The lowest BCUT2D eigenvalue weighted by Gasteiger charge is -2.08. The molecule has 0 saturated carbocycles. The first-order chi connectivity index (χ1) is 7.24. The molecule has 0 heterocycles. The van der Waals surface area contributed by atoms with Crippen molar-refractivity contribution in [2.24, 2.45) is 0 Å². The zero-order valence-corrected chi connectivity index (χ0v) is 9.61. The van der Waals surface area contributed by atoms with E-state index < -0.39 is 0 Å². The molecule has 0 aliphatic carbocycles. The first kappa shape index (κ1) is 12.0. The molecule has 0 radical (unpaired) electrons. The number of rotatable bonds is 5. The molecule has 1 heteroatoms. The van der Waals surface area contributed by atoms with Crippen LogP contribution < -0.4 is 0 Å². The van der Waals surface area contributed by atoms with Crippen molar-refractivity contribution in [3.05, 3.63) is 47.5 Å². The van der Waals surface area contributed by atoms with Crippen molar-refractivity contribution >= 4 is 0 Å². The zero-order chi connectivity index (χ0) is 11.1. The number of hydrogen-bond donors (Lipinski definition) is 1. The van der Waals surface area contributed by atoms with E-state index in [4.69, 9.17) is 5.11 Å². The van der Waals surface area contributed by atoms with Gasteiger partial charge < -0.3 is 5.11 Å². The van der Waals surface area contributed by atoms with Crippen molar-refractivity contribution in [2.45, 2.75) is 32.6 Å². The van der Waals surface area contributed by atoms with E-state index in [2.05, 4.69) is 44.2 Å². The van der Waals surface area contributed by atoms with E-state index in [0.717, 1.165) is 12.8 Å². The molecule has 1 aromatic carbocycles. The Hall–Kier alpha value is -1.08. The molecule has 1 atom stereocenters. The second-order valence-electron chi connectivity index (χ2n) is 4.04. The summed E-state index contributed by atoms with van der Waals surface area (Å²) in [5, 5.41) is 8.74. The maximum Gasteiger partial charge on any atom is 0.0434 e. The molecular weight excluding hydrogens is 184 g/mol. The number of allylic oxidation sites excluding steroid dienone is 2. The lowest BCUT2D eigenvalue weighted by atomic mass is 9.97. The van der Waals surface area contributed by atoms with Gasteiger partial charge in [-0.3, -0.25) is 0 Å². The Labute approximate surface area is 92.5 Å². The molecule has 0 saturated heterocycles. The van der Waals surface area contributed by atoms with Gasteiger partial charge >= 0.3 is 0 Å². The Morgan fingerprint density at radius 1 is 1.33 bits per heavy atom. The molecule has 0 aromatic heterocycles. The van der Waals surface area contributed by atoms with Crippen LogP contribution in [0.1, 0.15) is 38.2 Å². The minimum Gasteiger partial charge on any atom is -0.396 e. The Morgan fingerprint density at radius 2 is 2.00 bits per heavy atom. The molecule has 0 fully saturated rings. The minimum atomic E-state index is 0.283. The van der Waals surface area contributed by atoms with Crippen LogP contribution in [0.25, 0.3) is 0 Å². The SMILES string of the molecule is C/C(=C/C(C)c1ccccc1)CCCO. The van der Waals surface area contributed by atoms with Crippen LogP contribution in [-0.4, -0.2) is 11.7 Å². The quantitative estimate of drug-likeness (QED) is 0.728. The largest absolute Gasteiger partial charge is 0.396 e. The van der Waals surface area contributed by atoms with Gasteiger partial charge in [-0.05, 0) is 31.2 Å². The van der Waals surface area contributed by atoms with Gasteiger partial charge in [-0.15, -0.1) is 0 Å². The summed E-state index contributed by atoms with van der Waals surface area (Å²) < 4.78 is 0. The zero-order valence-electron chi connectivity index (χ0n) is 9.61. The summed E-state index contributed by atoms with van der Waals surface area (Å²) in [4.78, 5) is 0. The molecule has 1 rings (SSSR count). The summed E-state index contributed by atoms with van der Waals surface area (Å²) in [6, 6.07) is 10.5. The van der Waals surface area contributed by atoms with E-state index in [9.17, 15) is 0 Å². The first-order valence-corrected chi connectivity index (χ1v) is 5.57. The van der Waals surface area contributed by atoms with E-state index in [1.54, 1.807) is 0 Å². The molecule has 0 bridgehead atoms. The lowest BCUT2D eigenvalue weighted by Crippen LogP contribution is -1.91. The summed E-state index contributed by atoms with van der Waals surface area (Å²) in [5.74, 6) is 0.463. The van der Waals surface area contributed by atoms with Crippen LogP contribution in [-0.2, 0) is 0 Å². The Bertz CT molecular complexity index is 300. The summed E-state index contributed by atoms with van der Waals surface area (Å²) in [5.41, 5.74) is 2.71. The van der Waals surface area contributed by atoms with Crippen LogP contribution in [0.2, 0.25) is 0 Å². The first-order valence-electron chi connectivity index (χ1n) is 5.57. The van der Waals surface area contributed by atoms with Gasteiger partial charge in [0, 0.05) is 6.61 Å².